The smallest absolute Gasteiger partial charge is 0.315 e. The molecule has 4 aliphatic carbocycles. The Morgan fingerprint density at radius 2 is 1.74 bits per heavy atom. The van der Waals surface area contributed by atoms with E-state index in [2.05, 4.69) is 15.6 Å². The molecule has 7 nitrogen and oxygen atoms in total. The van der Waals surface area contributed by atoms with Crippen molar-refractivity contribution in [2.24, 2.45) is 17.8 Å². The summed E-state index contributed by atoms with van der Waals surface area (Å²) in [5.41, 5.74) is 2.78. The van der Waals surface area contributed by atoms with Crippen LogP contribution in [0, 0.1) is 23.6 Å². The zero-order chi connectivity index (χ0) is 23.3. The van der Waals surface area contributed by atoms with Crippen molar-refractivity contribution in [3.05, 3.63) is 47.8 Å². The monoisotopic (exact) mass is 465 g/mol. The largest absolute Gasteiger partial charge is 0.338 e. The van der Waals surface area contributed by atoms with Crippen LogP contribution in [0.3, 0.4) is 0 Å². The van der Waals surface area contributed by atoms with Gasteiger partial charge in [0.2, 0.25) is 5.91 Å². The van der Waals surface area contributed by atoms with Gasteiger partial charge in [0, 0.05) is 42.9 Å². The van der Waals surface area contributed by atoms with Gasteiger partial charge in [-0.15, -0.1) is 0 Å². The molecule has 8 heteroatoms. The van der Waals surface area contributed by atoms with Gasteiger partial charge in [0.15, 0.2) is 0 Å². The van der Waals surface area contributed by atoms with Gasteiger partial charge in [0.1, 0.15) is 5.82 Å². The van der Waals surface area contributed by atoms with Gasteiger partial charge in [-0.2, -0.15) is 0 Å². The predicted octanol–water partition coefficient (Wildman–Crippen LogP) is 3.55. The molecule has 1 aromatic carbocycles. The maximum absolute atomic E-state index is 13.2. The molecular formula is C26H32FN5O2. The van der Waals surface area contributed by atoms with Crippen molar-refractivity contribution in [2.75, 3.05) is 13.1 Å². The molecule has 4 bridgehead atoms. The number of carbonyl (C=O) groups is 2. The minimum atomic E-state index is -0.269. The van der Waals surface area contributed by atoms with Crippen LogP contribution in [0.15, 0.2) is 30.6 Å². The number of amides is 3. The van der Waals surface area contributed by atoms with Crippen LogP contribution in [0.2, 0.25) is 0 Å². The van der Waals surface area contributed by atoms with Gasteiger partial charge in [0.25, 0.3) is 0 Å². The lowest BCUT2D eigenvalue weighted by Gasteiger charge is -2.56. The van der Waals surface area contributed by atoms with E-state index in [1.165, 1.54) is 31.4 Å². The Hall–Kier alpha value is -2.90. The van der Waals surface area contributed by atoms with E-state index < -0.39 is 0 Å². The number of rotatable bonds is 5. The minimum Gasteiger partial charge on any atom is -0.338 e. The number of nitrogens with one attached hydrogen (secondary N) is 2. The Kier molecular flexibility index (Phi) is 5.34. The first-order valence-electron chi connectivity index (χ1n) is 12.6. The van der Waals surface area contributed by atoms with Crippen molar-refractivity contribution in [1.29, 1.82) is 0 Å². The summed E-state index contributed by atoms with van der Waals surface area (Å²) in [4.78, 5) is 31.7. The Morgan fingerprint density at radius 3 is 2.41 bits per heavy atom. The zero-order valence-corrected chi connectivity index (χ0v) is 19.4. The fourth-order valence-corrected chi connectivity index (χ4v) is 7.34. The van der Waals surface area contributed by atoms with E-state index in [1.54, 1.807) is 18.5 Å². The number of nitrogens with zero attached hydrogens (tertiary/aromatic N) is 3. The van der Waals surface area contributed by atoms with Crippen LogP contribution < -0.4 is 10.6 Å². The van der Waals surface area contributed by atoms with E-state index in [9.17, 15) is 14.0 Å². The third-order valence-electron chi connectivity index (χ3n) is 8.41. The van der Waals surface area contributed by atoms with Crippen LogP contribution in [-0.2, 0) is 17.8 Å². The zero-order valence-electron chi connectivity index (χ0n) is 19.4. The second-order valence-corrected chi connectivity index (χ2v) is 10.9. The summed E-state index contributed by atoms with van der Waals surface area (Å²) < 4.78 is 15.2. The highest BCUT2D eigenvalue weighted by Gasteiger charge is 2.51. The number of hydrogen-bond acceptors (Lipinski definition) is 3. The Balaban J connectivity index is 0.997. The molecule has 1 aliphatic heterocycles. The number of benzene rings is 1. The summed E-state index contributed by atoms with van der Waals surface area (Å²) >= 11 is 0. The van der Waals surface area contributed by atoms with Gasteiger partial charge in [-0.05, 0) is 80.5 Å². The van der Waals surface area contributed by atoms with E-state index in [-0.39, 0.29) is 29.7 Å². The molecule has 5 aliphatic rings. The van der Waals surface area contributed by atoms with Crippen LogP contribution in [0.25, 0.3) is 5.69 Å². The summed E-state index contributed by atoms with van der Waals surface area (Å²) in [6.45, 7) is 1.41. The molecule has 0 unspecified atom stereocenters. The summed E-state index contributed by atoms with van der Waals surface area (Å²) in [6, 6.07) is 6.21. The van der Waals surface area contributed by atoms with E-state index in [0.29, 0.717) is 26.1 Å². The molecule has 34 heavy (non-hydrogen) atoms. The molecule has 0 spiro atoms. The van der Waals surface area contributed by atoms with Crippen LogP contribution in [-0.4, -0.2) is 45.0 Å². The van der Waals surface area contributed by atoms with Gasteiger partial charge in [-0.3, -0.25) is 4.79 Å². The average molecular weight is 466 g/mol. The lowest BCUT2D eigenvalue weighted by atomic mass is 9.53. The summed E-state index contributed by atoms with van der Waals surface area (Å²) in [5, 5.41) is 6.23. The van der Waals surface area contributed by atoms with E-state index in [1.807, 2.05) is 9.47 Å². The predicted molar refractivity (Wildman–Crippen MR) is 125 cm³/mol. The number of imidazole rings is 1. The van der Waals surface area contributed by atoms with E-state index >= 15 is 0 Å². The van der Waals surface area contributed by atoms with Crippen LogP contribution in [0.1, 0.15) is 56.3 Å². The van der Waals surface area contributed by atoms with E-state index in [4.69, 9.17) is 0 Å². The topological polar surface area (TPSA) is 79.3 Å². The van der Waals surface area contributed by atoms with Crippen molar-refractivity contribution >= 4 is 11.9 Å². The number of urea groups is 1. The molecule has 2 aromatic rings. The summed E-state index contributed by atoms with van der Waals surface area (Å²) in [6.07, 6.45) is 10.1. The fourth-order valence-electron chi connectivity index (χ4n) is 7.34. The first-order valence-corrected chi connectivity index (χ1v) is 12.6. The van der Waals surface area contributed by atoms with Crippen molar-refractivity contribution in [1.82, 2.24) is 25.1 Å². The van der Waals surface area contributed by atoms with Crippen LogP contribution >= 0.6 is 0 Å². The number of hydrogen-bond donors (Lipinski definition) is 2. The average Bonchev–Trinajstić information content (AvgIpc) is 3.21. The number of fused-ring (bicyclic) bond motifs is 1. The first-order chi connectivity index (χ1) is 16.5. The second-order valence-electron chi connectivity index (χ2n) is 10.9. The molecular weight excluding hydrogens is 433 g/mol. The quantitative estimate of drug-likeness (QED) is 0.709. The lowest BCUT2D eigenvalue weighted by Crippen LogP contribution is -2.61. The van der Waals surface area contributed by atoms with Crippen molar-refractivity contribution in [3.63, 3.8) is 0 Å². The summed E-state index contributed by atoms with van der Waals surface area (Å²) in [5.74, 6) is 2.10. The SMILES string of the molecule is O=C(NCCC(=O)N1CCc2c(ncn2-c2ccc(F)cc2)C1)NC12CC3CC(CC(C3)C1)C2. The van der Waals surface area contributed by atoms with Gasteiger partial charge in [-0.25, -0.2) is 14.2 Å². The van der Waals surface area contributed by atoms with Gasteiger partial charge < -0.3 is 20.1 Å². The summed E-state index contributed by atoms with van der Waals surface area (Å²) in [7, 11) is 0. The third-order valence-corrected chi connectivity index (χ3v) is 8.41. The lowest BCUT2D eigenvalue weighted by molar-refractivity contribution is -0.132. The minimum absolute atomic E-state index is 0.0184. The van der Waals surface area contributed by atoms with Crippen molar-refractivity contribution in [3.8, 4) is 5.69 Å². The molecule has 2 heterocycles. The molecule has 4 saturated carbocycles. The van der Waals surface area contributed by atoms with Gasteiger partial charge >= 0.3 is 6.03 Å². The highest BCUT2D eigenvalue weighted by molar-refractivity contribution is 5.79. The Labute approximate surface area is 199 Å². The highest BCUT2D eigenvalue weighted by Crippen LogP contribution is 2.55. The molecule has 7 rings (SSSR count). The molecule has 1 aromatic heterocycles. The van der Waals surface area contributed by atoms with Crippen LogP contribution in [0.4, 0.5) is 9.18 Å². The standard InChI is InChI=1S/C26H32FN5O2/c27-20-1-3-21(4-2-20)32-16-29-22-15-31(8-6-23(22)32)24(33)5-7-28-25(34)30-26-12-17-9-18(13-26)11-19(10-17)14-26/h1-4,16-19H,5-15H2,(H2,28,30,34). The van der Waals surface area contributed by atoms with Crippen molar-refractivity contribution in [2.45, 2.75) is 63.5 Å². The normalized spacial score (nSPS) is 29.1. The molecule has 3 amide bonds. The molecule has 0 saturated heterocycles. The van der Waals surface area contributed by atoms with Crippen molar-refractivity contribution < 1.29 is 14.0 Å². The first kappa shape index (κ1) is 21.6. The number of halogens is 1. The Morgan fingerprint density at radius 1 is 1.06 bits per heavy atom. The second kappa shape index (κ2) is 8.40. The number of aromatic nitrogens is 2. The maximum atomic E-state index is 13.2. The molecule has 2 N–H and O–H groups in total. The molecule has 0 radical (unpaired) electrons. The van der Waals surface area contributed by atoms with E-state index in [0.717, 1.165) is 54.1 Å². The molecule has 4 fully saturated rings. The molecule has 180 valence electrons. The van der Waals surface area contributed by atoms with Gasteiger partial charge in [0.05, 0.1) is 18.6 Å². The Bertz CT molecular complexity index is 1060. The van der Waals surface area contributed by atoms with Gasteiger partial charge in [-0.1, -0.05) is 0 Å². The number of carbonyl (C=O) groups excluding carboxylic acids is 2. The fraction of sp³-hybridized carbons (Fsp3) is 0.577. The third kappa shape index (κ3) is 4.07. The highest BCUT2D eigenvalue weighted by atomic mass is 19.1. The van der Waals surface area contributed by atoms with Crippen LogP contribution in [0.5, 0.6) is 0 Å². The maximum Gasteiger partial charge on any atom is 0.315 e. The molecule has 0 atom stereocenters.